The molecule has 2 aromatic rings. The molecular weight excluding hydrogens is 271 g/mol. The zero-order valence-corrected chi connectivity index (χ0v) is 10.9. The van der Waals surface area contributed by atoms with Gasteiger partial charge in [-0.2, -0.15) is 0 Å². The van der Waals surface area contributed by atoms with Crippen LogP contribution in [0, 0.1) is 0 Å². The van der Waals surface area contributed by atoms with Crippen molar-refractivity contribution in [1.82, 2.24) is 4.98 Å². The molecule has 0 aliphatic rings. The second-order valence-electron chi connectivity index (χ2n) is 3.82. The molecule has 2 N–H and O–H groups in total. The average molecular weight is 281 g/mol. The van der Waals surface area contributed by atoms with Crippen LogP contribution < -0.4 is 5.73 Å². The Hall–Kier alpha value is -1.58. The molecule has 1 heterocycles. The van der Waals surface area contributed by atoms with Crippen molar-refractivity contribution in [3.8, 4) is 0 Å². The lowest BCUT2D eigenvalue weighted by molar-refractivity contribution is 0.0993. The van der Waals surface area contributed by atoms with Gasteiger partial charge in [0, 0.05) is 18.2 Å². The molecule has 1 aromatic heterocycles. The van der Waals surface area contributed by atoms with Gasteiger partial charge in [-0.3, -0.25) is 4.79 Å². The fraction of sp³-hybridized carbons (Fsp3) is 0.0769. The van der Waals surface area contributed by atoms with Gasteiger partial charge in [0.15, 0.2) is 5.78 Å². The largest absolute Gasteiger partial charge is 0.384 e. The molecule has 18 heavy (non-hydrogen) atoms. The first-order chi connectivity index (χ1) is 8.56. The average Bonchev–Trinajstić information content (AvgIpc) is 2.32. The number of aromatic nitrogens is 1. The van der Waals surface area contributed by atoms with Crippen LogP contribution in [0.5, 0.6) is 0 Å². The number of anilines is 1. The summed E-state index contributed by atoms with van der Waals surface area (Å²) in [7, 11) is 0. The third-order valence-electron chi connectivity index (χ3n) is 2.45. The minimum atomic E-state index is -0.0424. The third-order valence-corrected chi connectivity index (χ3v) is 3.19. The summed E-state index contributed by atoms with van der Waals surface area (Å²) in [6.45, 7) is 0. The molecule has 0 radical (unpaired) electrons. The Morgan fingerprint density at radius 2 is 1.94 bits per heavy atom. The molecule has 0 atom stereocenters. The van der Waals surface area contributed by atoms with Crippen LogP contribution in [0.2, 0.25) is 10.0 Å². The maximum atomic E-state index is 12.0. The second kappa shape index (κ2) is 5.38. The molecule has 0 saturated heterocycles. The molecule has 0 unspecified atom stereocenters. The monoisotopic (exact) mass is 280 g/mol. The zero-order valence-electron chi connectivity index (χ0n) is 9.36. The highest BCUT2D eigenvalue weighted by atomic mass is 35.5. The van der Waals surface area contributed by atoms with Gasteiger partial charge in [0.25, 0.3) is 0 Å². The quantitative estimate of drug-likeness (QED) is 0.877. The van der Waals surface area contributed by atoms with Gasteiger partial charge in [0.2, 0.25) is 0 Å². The number of carbonyl (C=O) groups excluding carboxylic acids is 1. The summed E-state index contributed by atoms with van der Waals surface area (Å²) < 4.78 is 0. The molecule has 0 aliphatic heterocycles. The number of nitrogen functional groups attached to an aromatic ring is 1. The predicted octanol–water partition coefficient (Wildman–Crippen LogP) is 3.40. The van der Waals surface area contributed by atoms with Crippen molar-refractivity contribution in [2.45, 2.75) is 6.42 Å². The molecule has 0 fully saturated rings. The van der Waals surface area contributed by atoms with E-state index in [2.05, 4.69) is 4.98 Å². The van der Waals surface area contributed by atoms with E-state index in [0.717, 1.165) is 5.56 Å². The Morgan fingerprint density at radius 1 is 1.17 bits per heavy atom. The minimum absolute atomic E-state index is 0.0424. The smallest absolute Gasteiger partial charge is 0.167 e. The zero-order chi connectivity index (χ0) is 13.1. The summed E-state index contributed by atoms with van der Waals surface area (Å²) in [6.07, 6.45) is 1.83. The van der Waals surface area contributed by atoms with Gasteiger partial charge >= 0.3 is 0 Å². The van der Waals surface area contributed by atoms with Crippen molar-refractivity contribution >= 4 is 34.8 Å². The van der Waals surface area contributed by atoms with Crippen molar-refractivity contribution in [3.63, 3.8) is 0 Å². The van der Waals surface area contributed by atoms with Crippen LogP contribution in [0.3, 0.4) is 0 Å². The van der Waals surface area contributed by atoms with Gasteiger partial charge in [-0.25, -0.2) is 4.98 Å². The summed E-state index contributed by atoms with van der Waals surface area (Å²) in [5.74, 6) is 0.355. The highest BCUT2D eigenvalue weighted by Gasteiger charge is 2.09. The third kappa shape index (κ3) is 3.00. The fourth-order valence-corrected chi connectivity index (χ4v) is 1.86. The van der Waals surface area contributed by atoms with Gasteiger partial charge in [0.1, 0.15) is 5.82 Å². The molecule has 1 aromatic carbocycles. The van der Waals surface area contributed by atoms with Crippen LogP contribution in [-0.2, 0) is 6.42 Å². The molecule has 0 spiro atoms. The Bertz CT molecular complexity index is 599. The van der Waals surface area contributed by atoms with Crippen LogP contribution in [0.15, 0.2) is 36.5 Å². The molecule has 2 rings (SSSR count). The Balaban J connectivity index is 2.19. The van der Waals surface area contributed by atoms with Gasteiger partial charge in [-0.05, 0) is 35.9 Å². The van der Waals surface area contributed by atoms with E-state index in [-0.39, 0.29) is 12.2 Å². The normalized spacial score (nSPS) is 10.3. The number of Topliss-reactive ketones (excluding diaryl/α,β-unsaturated/α-hetero) is 1. The molecule has 0 bridgehead atoms. The van der Waals surface area contributed by atoms with Crippen molar-refractivity contribution in [2.24, 2.45) is 0 Å². The number of carbonyl (C=O) groups is 1. The van der Waals surface area contributed by atoms with Gasteiger partial charge in [0.05, 0.1) is 10.0 Å². The standard InChI is InChI=1S/C13H10Cl2N2O/c14-10-2-1-9(7-11(10)15)12(18)5-8-3-4-17-13(16)6-8/h1-4,6-7H,5H2,(H2,16,17). The highest BCUT2D eigenvalue weighted by molar-refractivity contribution is 6.42. The maximum Gasteiger partial charge on any atom is 0.167 e. The van der Waals surface area contributed by atoms with Crippen LogP contribution in [0.1, 0.15) is 15.9 Å². The highest BCUT2D eigenvalue weighted by Crippen LogP contribution is 2.23. The van der Waals surface area contributed by atoms with Gasteiger partial charge < -0.3 is 5.73 Å². The minimum Gasteiger partial charge on any atom is -0.384 e. The SMILES string of the molecule is Nc1cc(CC(=O)c2ccc(Cl)c(Cl)c2)ccn1. The van der Waals surface area contributed by atoms with E-state index in [9.17, 15) is 4.79 Å². The number of ketones is 1. The van der Waals surface area contributed by atoms with Crippen molar-refractivity contribution in [2.75, 3.05) is 5.73 Å². The molecule has 0 aliphatic carbocycles. The maximum absolute atomic E-state index is 12.0. The summed E-state index contributed by atoms with van der Waals surface area (Å²) in [5.41, 5.74) is 6.90. The Morgan fingerprint density at radius 3 is 2.61 bits per heavy atom. The lowest BCUT2D eigenvalue weighted by Gasteiger charge is -2.03. The van der Waals surface area contributed by atoms with E-state index < -0.39 is 0 Å². The summed E-state index contributed by atoms with van der Waals surface area (Å²) in [5, 5.41) is 0.804. The number of pyridine rings is 1. The fourth-order valence-electron chi connectivity index (χ4n) is 1.56. The Kier molecular flexibility index (Phi) is 3.84. The molecule has 0 amide bonds. The second-order valence-corrected chi connectivity index (χ2v) is 4.63. The number of rotatable bonds is 3. The van der Waals surface area contributed by atoms with Crippen LogP contribution >= 0.6 is 23.2 Å². The van der Waals surface area contributed by atoms with Crippen LogP contribution in [-0.4, -0.2) is 10.8 Å². The molecular formula is C13H10Cl2N2O. The molecule has 0 saturated carbocycles. The van der Waals surface area contributed by atoms with E-state index in [0.29, 0.717) is 21.4 Å². The number of benzene rings is 1. The molecule has 92 valence electrons. The van der Waals surface area contributed by atoms with Crippen molar-refractivity contribution < 1.29 is 4.79 Å². The summed E-state index contributed by atoms with van der Waals surface area (Å²) in [4.78, 5) is 15.9. The van der Waals surface area contributed by atoms with Gasteiger partial charge in [-0.15, -0.1) is 0 Å². The first kappa shape index (κ1) is 12.9. The first-order valence-corrected chi connectivity index (χ1v) is 6.00. The van der Waals surface area contributed by atoms with Crippen molar-refractivity contribution in [1.29, 1.82) is 0 Å². The molecule has 5 heteroatoms. The number of nitrogens with two attached hydrogens (primary N) is 1. The van der Waals surface area contributed by atoms with E-state index >= 15 is 0 Å². The van der Waals surface area contributed by atoms with Crippen LogP contribution in [0.25, 0.3) is 0 Å². The number of hydrogen-bond acceptors (Lipinski definition) is 3. The number of halogens is 2. The summed E-state index contributed by atoms with van der Waals surface area (Å²) >= 11 is 11.7. The number of hydrogen-bond donors (Lipinski definition) is 1. The topological polar surface area (TPSA) is 56.0 Å². The van der Waals surface area contributed by atoms with E-state index in [1.807, 2.05) is 0 Å². The van der Waals surface area contributed by atoms with Crippen molar-refractivity contribution in [3.05, 3.63) is 57.7 Å². The lowest BCUT2D eigenvalue weighted by Crippen LogP contribution is -2.04. The van der Waals surface area contributed by atoms with Gasteiger partial charge in [-0.1, -0.05) is 23.2 Å². The molecule has 3 nitrogen and oxygen atoms in total. The van der Waals surface area contributed by atoms with E-state index in [4.69, 9.17) is 28.9 Å². The Labute approximate surface area is 115 Å². The lowest BCUT2D eigenvalue weighted by atomic mass is 10.0. The number of nitrogens with zero attached hydrogens (tertiary/aromatic N) is 1. The van der Waals surface area contributed by atoms with E-state index in [1.165, 1.54) is 0 Å². The predicted molar refractivity (Wildman–Crippen MR) is 73.1 cm³/mol. The summed E-state index contributed by atoms with van der Waals surface area (Å²) in [6, 6.07) is 8.26. The first-order valence-electron chi connectivity index (χ1n) is 5.25. The van der Waals surface area contributed by atoms with E-state index in [1.54, 1.807) is 36.5 Å². The van der Waals surface area contributed by atoms with Crippen LogP contribution in [0.4, 0.5) is 5.82 Å².